The molecule has 154 valence electrons. The highest BCUT2D eigenvalue weighted by molar-refractivity contribution is 6.02. The molecule has 0 heterocycles. The third kappa shape index (κ3) is 4.36. The summed E-state index contributed by atoms with van der Waals surface area (Å²) < 4.78 is 22.3. The van der Waals surface area contributed by atoms with Crippen molar-refractivity contribution in [1.29, 1.82) is 0 Å². The fraction of sp³-hybridized carbons (Fsp3) is 0.391. The van der Waals surface area contributed by atoms with Gasteiger partial charge in [0, 0.05) is 17.5 Å². The summed E-state index contributed by atoms with van der Waals surface area (Å²) in [6.45, 7) is 4.30. The Labute approximate surface area is 170 Å². The Hall–Kier alpha value is -3.02. The summed E-state index contributed by atoms with van der Waals surface area (Å²) in [6.07, 6.45) is 1.92. The molecule has 0 saturated heterocycles. The first kappa shape index (κ1) is 20.7. The fourth-order valence-corrected chi connectivity index (χ4v) is 3.47. The fourth-order valence-electron chi connectivity index (χ4n) is 3.47. The van der Waals surface area contributed by atoms with Crippen molar-refractivity contribution >= 4 is 11.8 Å². The van der Waals surface area contributed by atoms with Gasteiger partial charge < -0.3 is 18.9 Å². The maximum atomic E-state index is 12.2. The molecule has 1 aliphatic carbocycles. The van der Waals surface area contributed by atoms with E-state index < -0.39 is 5.97 Å². The summed E-state index contributed by atoms with van der Waals surface area (Å²) >= 11 is 0. The van der Waals surface area contributed by atoms with Crippen LogP contribution in [-0.4, -0.2) is 38.7 Å². The molecule has 0 aromatic heterocycles. The molecule has 0 N–H and O–H groups in total. The Bertz CT molecular complexity index is 902. The molecular weight excluding hydrogens is 372 g/mol. The molecule has 0 amide bonds. The molecule has 0 unspecified atom stereocenters. The number of esters is 1. The van der Waals surface area contributed by atoms with E-state index in [4.69, 9.17) is 18.9 Å². The number of rotatable bonds is 9. The third-order valence-corrected chi connectivity index (χ3v) is 4.75. The molecule has 1 aliphatic rings. The SMILES string of the molecule is CCCOC(=O)COc1c(-c2cccc3c2CCC3=O)ccc(OC)c1OCC. The number of ether oxygens (including phenoxy) is 4. The number of carbonyl (C=O) groups is 2. The van der Waals surface area contributed by atoms with E-state index >= 15 is 0 Å². The molecular formula is C23H26O6. The highest BCUT2D eigenvalue weighted by Crippen LogP contribution is 2.46. The van der Waals surface area contributed by atoms with Gasteiger partial charge in [-0.15, -0.1) is 0 Å². The van der Waals surface area contributed by atoms with Crippen LogP contribution in [0.25, 0.3) is 11.1 Å². The van der Waals surface area contributed by atoms with E-state index in [0.29, 0.717) is 43.3 Å². The van der Waals surface area contributed by atoms with Gasteiger partial charge in [-0.25, -0.2) is 4.79 Å². The van der Waals surface area contributed by atoms with Crippen molar-refractivity contribution in [2.75, 3.05) is 26.9 Å². The summed E-state index contributed by atoms with van der Waals surface area (Å²) in [7, 11) is 1.55. The minimum Gasteiger partial charge on any atom is -0.493 e. The zero-order valence-electron chi connectivity index (χ0n) is 17.1. The number of fused-ring (bicyclic) bond motifs is 1. The van der Waals surface area contributed by atoms with Crippen molar-refractivity contribution in [3.05, 3.63) is 41.5 Å². The quantitative estimate of drug-likeness (QED) is 0.589. The van der Waals surface area contributed by atoms with E-state index in [9.17, 15) is 9.59 Å². The molecule has 0 spiro atoms. The lowest BCUT2D eigenvalue weighted by atomic mass is 9.95. The lowest BCUT2D eigenvalue weighted by molar-refractivity contribution is -0.146. The Kier molecular flexibility index (Phi) is 6.75. The summed E-state index contributed by atoms with van der Waals surface area (Å²) in [5.74, 6) is 1.05. The molecule has 0 radical (unpaired) electrons. The van der Waals surface area contributed by atoms with Crippen molar-refractivity contribution in [3.8, 4) is 28.4 Å². The number of methoxy groups -OCH3 is 1. The van der Waals surface area contributed by atoms with Gasteiger partial charge in [0.05, 0.1) is 20.3 Å². The highest BCUT2D eigenvalue weighted by atomic mass is 16.6. The second-order valence-corrected chi connectivity index (χ2v) is 6.67. The van der Waals surface area contributed by atoms with Crippen molar-refractivity contribution in [2.24, 2.45) is 0 Å². The van der Waals surface area contributed by atoms with E-state index in [-0.39, 0.29) is 12.4 Å². The smallest absolute Gasteiger partial charge is 0.344 e. The van der Waals surface area contributed by atoms with E-state index in [1.807, 2.05) is 38.1 Å². The van der Waals surface area contributed by atoms with Crippen LogP contribution in [0.5, 0.6) is 17.2 Å². The maximum Gasteiger partial charge on any atom is 0.344 e. The molecule has 0 saturated carbocycles. The summed E-state index contributed by atoms with van der Waals surface area (Å²) in [5.41, 5.74) is 3.38. The first-order valence-corrected chi connectivity index (χ1v) is 9.88. The summed E-state index contributed by atoms with van der Waals surface area (Å²) in [4.78, 5) is 24.2. The van der Waals surface area contributed by atoms with Crippen molar-refractivity contribution in [2.45, 2.75) is 33.1 Å². The number of hydrogen-bond acceptors (Lipinski definition) is 6. The van der Waals surface area contributed by atoms with Gasteiger partial charge in [0.15, 0.2) is 23.9 Å². The Morgan fingerprint density at radius 3 is 2.48 bits per heavy atom. The first-order chi connectivity index (χ1) is 14.1. The van der Waals surface area contributed by atoms with Crippen molar-refractivity contribution in [3.63, 3.8) is 0 Å². The molecule has 0 fully saturated rings. The monoisotopic (exact) mass is 398 g/mol. The molecule has 6 heteroatoms. The Balaban J connectivity index is 2.06. The molecule has 0 bridgehead atoms. The summed E-state index contributed by atoms with van der Waals surface area (Å²) in [6, 6.07) is 9.34. The highest BCUT2D eigenvalue weighted by Gasteiger charge is 2.26. The van der Waals surface area contributed by atoms with Crippen LogP contribution in [0.15, 0.2) is 30.3 Å². The van der Waals surface area contributed by atoms with Crippen LogP contribution in [0, 0.1) is 0 Å². The largest absolute Gasteiger partial charge is 0.493 e. The molecule has 0 atom stereocenters. The van der Waals surface area contributed by atoms with Gasteiger partial charge in [0.2, 0.25) is 5.75 Å². The van der Waals surface area contributed by atoms with Crippen LogP contribution < -0.4 is 14.2 Å². The second-order valence-electron chi connectivity index (χ2n) is 6.67. The van der Waals surface area contributed by atoms with Gasteiger partial charge >= 0.3 is 5.97 Å². The van der Waals surface area contributed by atoms with E-state index in [1.54, 1.807) is 13.2 Å². The maximum absolute atomic E-state index is 12.2. The van der Waals surface area contributed by atoms with Crippen LogP contribution in [-0.2, 0) is 16.0 Å². The number of Topliss-reactive ketones (excluding diaryl/α,β-unsaturated/α-hetero) is 1. The normalized spacial score (nSPS) is 12.4. The Morgan fingerprint density at radius 2 is 1.76 bits per heavy atom. The molecule has 2 aromatic rings. The number of hydrogen-bond donors (Lipinski definition) is 0. The zero-order chi connectivity index (χ0) is 20.8. The predicted octanol–water partition coefficient (Wildman–Crippen LogP) is 4.22. The van der Waals surface area contributed by atoms with Crippen LogP contribution in [0.3, 0.4) is 0 Å². The van der Waals surface area contributed by atoms with Crippen LogP contribution in [0.4, 0.5) is 0 Å². The molecule has 6 nitrogen and oxygen atoms in total. The lowest BCUT2D eigenvalue weighted by Gasteiger charge is -2.19. The zero-order valence-corrected chi connectivity index (χ0v) is 17.1. The average Bonchev–Trinajstić information content (AvgIpc) is 3.12. The lowest BCUT2D eigenvalue weighted by Crippen LogP contribution is -2.16. The van der Waals surface area contributed by atoms with E-state index in [0.717, 1.165) is 28.7 Å². The first-order valence-electron chi connectivity index (χ1n) is 9.88. The van der Waals surface area contributed by atoms with Crippen molar-refractivity contribution in [1.82, 2.24) is 0 Å². The number of ketones is 1. The number of carbonyl (C=O) groups excluding carboxylic acids is 2. The topological polar surface area (TPSA) is 71.1 Å². The minimum atomic E-state index is -0.448. The molecule has 0 aliphatic heterocycles. The number of benzene rings is 2. The molecule has 29 heavy (non-hydrogen) atoms. The van der Waals surface area contributed by atoms with Gasteiger partial charge in [-0.05, 0) is 43.0 Å². The average molecular weight is 398 g/mol. The third-order valence-electron chi connectivity index (χ3n) is 4.75. The van der Waals surface area contributed by atoms with Crippen LogP contribution >= 0.6 is 0 Å². The minimum absolute atomic E-state index is 0.144. The molecule has 3 rings (SSSR count). The van der Waals surface area contributed by atoms with Gasteiger partial charge in [-0.2, -0.15) is 0 Å². The predicted molar refractivity (Wildman–Crippen MR) is 109 cm³/mol. The van der Waals surface area contributed by atoms with Gasteiger partial charge in [-0.1, -0.05) is 25.1 Å². The van der Waals surface area contributed by atoms with Crippen LogP contribution in [0.2, 0.25) is 0 Å². The second kappa shape index (κ2) is 9.45. The summed E-state index contributed by atoms with van der Waals surface area (Å²) in [5, 5.41) is 0. The van der Waals surface area contributed by atoms with E-state index in [1.165, 1.54) is 0 Å². The van der Waals surface area contributed by atoms with Crippen LogP contribution in [0.1, 0.15) is 42.6 Å². The van der Waals surface area contributed by atoms with Gasteiger partial charge in [0.25, 0.3) is 0 Å². The van der Waals surface area contributed by atoms with Crippen molar-refractivity contribution < 1.29 is 28.5 Å². The molecule has 2 aromatic carbocycles. The van der Waals surface area contributed by atoms with Gasteiger partial charge in [-0.3, -0.25) is 4.79 Å². The van der Waals surface area contributed by atoms with Gasteiger partial charge in [0.1, 0.15) is 0 Å². The standard InChI is InChI=1S/C23H26O6/c1-4-13-28-21(25)14-29-22-18(10-12-20(26-3)23(22)27-5-2)15-7-6-8-17-16(15)9-11-19(17)24/h6-8,10,12H,4-5,9,11,13-14H2,1-3H3. The van der Waals surface area contributed by atoms with E-state index in [2.05, 4.69) is 0 Å². The Morgan fingerprint density at radius 1 is 0.966 bits per heavy atom.